The van der Waals surface area contributed by atoms with Crippen LogP contribution in [-0.4, -0.2) is 21.3 Å². The average Bonchev–Trinajstić information content (AvgIpc) is 2.94. The molecule has 4 nitrogen and oxygen atoms in total. The largest absolute Gasteiger partial charge is 0.497 e. The predicted molar refractivity (Wildman–Crippen MR) is 76.4 cm³/mol. The van der Waals surface area contributed by atoms with E-state index in [0.717, 1.165) is 27.7 Å². The topological polar surface area (TPSA) is 53.7 Å². The van der Waals surface area contributed by atoms with Crippen LogP contribution in [0.1, 0.15) is 16.5 Å². The minimum atomic E-state index is -0.265. The first-order chi connectivity index (χ1) is 9.19. The van der Waals surface area contributed by atoms with Crippen molar-refractivity contribution in [3.05, 3.63) is 40.1 Å². The van der Waals surface area contributed by atoms with Gasteiger partial charge in [-0.2, -0.15) is 0 Å². The lowest BCUT2D eigenvalue weighted by atomic mass is 10.0. The Hall–Kier alpha value is -1.72. The molecular formula is C14H17NO3S. The summed E-state index contributed by atoms with van der Waals surface area (Å²) in [6, 6.07) is 7.28. The van der Waals surface area contributed by atoms with Crippen LogP contribution in [0.25, 0.3) is 0 Å². The second-order valence-electron chi connectivity index (χ2n) is 3.97. The Morgan fingerprint density at radius 3 is 2.32 bits per heavy atom. The Bertz CT molecular complexity index is 553. The molecule has 0 aliphatic carbocycles. The summed E-state index contributed by atoms with van der Waals surface area (Å²) in [6.45, 7) is 0. The van der Waals surface area contributed by atoms with Crippen LogP contribution in [0.2, 0.25) is 0 Å². The molecule has 0 saturated heterocycles. The zero-order valence-corrected chi connectivity index (χ0v) is 12.0. The molecule has 0 saturated carbocycles. The zero-order chi connectivity index (χ0) is 13.8. The molecule has 0 fully saturated rings. The van der Waals surface area contributed by atoms with Crippen molar-refractivity contribution in [1.29, 1.82) is 0 Å². The smallest absolute Gasteiger partial charge is 0.129 e. The van der Waals surface area contributed by atoms with E-state index in [9.17, 15) is 0 Å². The number of hydrogen-bond donors (Lipinski definition) is 1. The summed E-state index contributed by atoms with van der Waals surface area (Å²) >= 11 is 1.56. The van der Waals surface area contributed by atoms with E-state index < -0.39 is 0 Å². The number of benzene rings is 1. The number of nitrogens with two attached hydrogens (primary N) is 1. The van der Waals surface area contributed by atoms with Crippen LogP contribution < -0.4 is 19.9 Å². The molecule has 0 radical (unpaired) electrons. The van der Waals surface area contributed by atoms with Crippen molar-refractivity contribution in [2.24, 2.45) is 5.73 Å². The van der Waals surface area contributed by atoms with E-state index in [1.807, 2.05) is 29.6 Å². The predicted octanol–water partition coefficient (Wildman–Crippen LogP) is 2.82. The van der Waals surface area contributed by atoms with E-state index >= 15 is 0 Å². The summed E-state index contributed by atoms with van der Waals surface area (Å²) in [6.07, 6.45) is 0. The molecule has 0 amide bonds. The fourth-order valence-electron chi connectivity index (χ4n) is 1.84. The van der Waals surface area contributed by atoms with E-state index in [2.05, 4.69) is 0 Å². The first kappa shape index (κ1) is 13.7. The van der Waals surface area contributed by atoms with Crippen LogP contribution >= 0.6 is 11.3 Å². The van der Waals surface area contributed by atoms with Gasteiger partial charge in [0.2, 0.25) is 0 Å². The third-order valence-corrected chi connectivity index (χ3v) is 3.90. The fourth-order valence-corrected chi connectivity index (χ4v) is 2.71. The number of hydrogen-bond acceptors (Lipinski definition) is 5. The number of rotatable bonds is 5. The molecule has 5 heteroatoms. The van der Waals surface area contributed by atoms with Crippen LogP contribution in [0.4, 0.5) is 0 Å². The summed E-state index contributed by atoms with van der Waals surface area (Å²) in [7, 11) is 4.90. The lowest BCUT2D eigenvalue weighted by Crippen LogP contribution is -2.11. The molecule has 1 heterocycles. The third-order valence-electron chi connectivity index (χ3n) is 2.91. The van der Waals surface area contributed by atoms with Crippen molar-refractivity contribution < 1.29 is 14.2 Å². The Morgan fingerprint density at radius 2 is 1.74 bits per heavy atom. The van der Waals surface area contributed by atoms with Crippen LogP contribution in [0.5, 0.6) is 17.2 Å². The van der Waals surface area contributed by atoms with Crippen molar-refractivity contribution in [2.75, 3.05) is 21.3 Å². The minimum Gasteiger partial charge on any atom is -0.497 e. The fraction of sp³-hybridized carbons (Fsp3) is 0.286. The molecule has 0 aliphatic rings. The molecule has 2 rings (SSSR count). The van der Waals surface area contributed by atoms with Gasteiger partial charge in [-0.3, -0.25) is 0 Å². The van der Waals surface area contributed by atoms with Crippen LogP contribution in [-0.2, 0) is 0 Å². The zero-order valence-electron chi connectivity index (χ0n) is 11.2. The molecular weight excluding hydrogens is 262 g/mol. The van der Waals surface area contributed by atoms with Crippen molar-refractivity contribution >= 4 is 11.3 Å². The van der Waals surface area contributed by atoms with Gasteiger partial charge in [-0.1, -0.05) is 0 Å². The molecule has 1 unspecified atom stereocenters. The molecule has 2 aromatic rings. The quantitative estimate of drug-likeness (QED) is 0.914. The van der Waals surface area contributed by atoms with Gasteiger partial charge in [0.05, 0.1) is 27.4 Å². The Balaban J connectivity index is 2.38. The highest BCUT2D eigenvalue weighted by Gasteiger charge is 2.17. The molecule has 2 N–H and O–H groups in total. The van der Waals surface area contributed by atoms with Crippen molar-refractivity contribution in [3.8, 4) is 17.2 Å². The van der Waals surface area contributed by atoms with Gasteiger partial charge in [-0.25, -0.2) is 0 Å². The lowest BCUT2D eigenvalue weighted by Gasteiger charge is -2.15. The Labute approximate surface area is 116 Å². The molecule has 1 atom stereocenters. The molecule has 0 aliphatic heterocycles. The highest BCUT2D eigenvalue weighted by molar-refractivity contribution is 7.10. The van der Waals surface area contributed by atoms with Gasteiger partial charge >= 0.3 is 0 Å². The molecule has 1 aromatic carbocycles. The molecule has 102 valence electrons. The van der Waals surface area contributed by atoms with Gasteiger partial charge in [0.25, 0.3) is 0 Å². The molecule has 0 spiro atoms. The van der Waals surface area contributed by atoms with E-state index in [1.165, 1.54) is 0 Å². The normalized spacial score (nSPS) is 12.0. The molecule has 1 aromatic heterocycles. The van der Waals surface area contributed by atoms with Gasteiger partial charge in [-0.05, 0) is 24.3 Å². The standard InChI is InChI=1S/C14H17NO3S/c1-16-9-4-5-12(18-3)11(6-9)14(15)13-7-10(17-2)8-19-13/h4-8,14H,15H2,1-3H3. The SMILES string of the molecule is COc1csc(C(N)c2cc(OC)ccc2OC)c1. The van der Waals surface area contributed by atoms with Crippen LogP contribution in [0.3, 0.4) is 0 Å². The number of methoxy groups -OCH3 is 3. The maximum absolute atomic E-state index is 6.30. The first-order valence-electron chi connectivity index (χ1n) is 5.79. The van der Waals surface area contributed by atoms with Gasteiger partial charge < -0.3 is 19.9 Å². The summed E-state index contributed by atoms with van der Waals surface area (Å²) < 4.78 is 15.8. The van der Waals surface area contributed by atoms with Crippen molar-refractivity contribution in [2.45, 2.75) is 6.04 Å². The number of thiophene rings is 1. The van der Waals surface area contributed by atoms with Gasteiger partial charge in [0, 0.05) is 15.8 Å². The van der Waals surface area contributed by atoms with Crippen molar-refractivity contribution in [1.82, 2.24) is 0 Å². The summed E-state index contributed by atoms with van der Waals surface area (Å²) in [5.74, 6) is 2.33. The van der Waals surface area contributed by atoms with Gasteiger partial charge in [-0.15, -0.1) is 11.3 Å². The highest BCUT2D eigenvalue weighted by atomic mass is 32.1. The second kappa shape index (κ2) is 5.95. The maximum Gasteiger partial charge on any atom is 0.129 e. The van der Waals surface area contributed by atoms with Crippen molar-refractivity contribution in [3.63, 3.8) is 0 Å². The van der Waals surface area contributed by atoms with Crippen LogP contribution in [0.15, 0.2) is 29.6 Å². The van der Waals surface area contributed by atoms with E-state index in [-0.39, 0.29) is 6.04 Å². The van der Waals surface area contributed by atoms with Gasteiger partial charge in [0.15, 0.2) is 0 Å². The van der Waals surface area contributed by atoms with Crippen LogP contribution in [0, 0.1) is 0 Å². The number of ether oxygens (including phenoxy) is 3. The molecule has 0 bridgehead atoms. The second-order valence-corrected chi connectivity index (χ2v) is 4.92. The Morgan fingerprint density at radius 1 is 1.00 bits per heavy atom. The molecule has 19 heavy (non-hydrogen) atoms. The monoisotopic (exact) mass is 279 g/mol. The summed E-state index contributed by atoms with van der Waals surface area (Å²) in [5, 5.41) is 1.93. The third kappa shape index (κ3) is 2.83. The van der Waals surface area contributed by atoms with E-state index in [4.69, 9.17) is 19.9 Å². The van der Waals surface area contributed by atoms with E-state index in [1.54, 1.807) is 32.7 Å². The van der Waals surface area contributed by atoms with E-state index in [0.29, 0.717) is 0 Å². The lowest BCUT2D eigenvalue weighted by molar-refractivity contribution is 0.397. The average molecular weight is 279 g/mol. The first-order valence-corrected chi connectivity index (χ1v) is 6.67. The summed E-state index contributed by atoms with van der Waals surface area (Å²) in [4.78, 5) is 1.02. The Kier molecular flexibility index (Phi) is 4.29. The minimum absolute atomic E-state index is 0.265. The van der Waals surface area contributed by atoms with Gasteiger partial charge in [0.1, 0.15) is 17.2 Å². The summed E-state index contributed by atoms with van der Waals surface area (Å²) in [5.41, 5.74) is 7.20. The highest BCUT2D eigenvalue weighted by Crippen LogP contribution is 2.35. The maximum atomic E-state index is 6.30.